The third-order valence-corrected chi connectivity index (χ3v) is 2.22. The van der Waals surface area contributed by atoms with Crippen LogP contribution in [-0.4, -0.2) is 27.6 Å². The minimum absolute atomic E-state index is 0.140. The highest BCUT2D eigenvalue weighted by molar-refractivity contribution is 5.18. The fourth-order valence-corrected chi connectivity index (χ4v) is 1.22. The van der Waals surface area contributed by atoms with Crippen LogP contribution in [0.15, 0.2) is 6.20 Å². The normalized spacial score (nSPS) is 13.6. The van der Waals surface area contributed by atoms with Gasteiger partial charge in [-0.3, -0.25) is 4.68 Å². The van der Waals surface area contributed by atoms with E-state index in [4.69, 9.17) is 4.74 Å². The van der Waals surface area contributed by atoms with Crippen molar-refractivity contribution in [3.05, 3.63) is 17.5 Å². The van der Waals surface area contributed by atoms with Gasteiger partial charge in [0.25, 0.3) is 0 Å². The lowest BCUT2D eigenvalue weighted by atomic mass is 10.1. The van der Waals surface area contributed by atoms with Crippen molar-refractivity contribution in [3.8, 4) is 0 Å². The highest BCUT2D eigenvalue weighted by atomic mass is 16.5. The van der Waals surface area contributed by atoms with Crippen molar-refractivity contribution in [2.75, 3.05) is 6.61 Å². The second kappa shape index (κ2) is 4.57. The molecule has 80 valence electrons. The van der Waals surface area contributed by atoms with E-state index in [1.54, 1.807) is 10.9 Å². The van der Waals surface area contributed by atoms with Crippen LogP contribution in [-0.2, 0) is 11.8 Å². The molecule has 1 aromatic rings. The maximum Gasteiger partial charge on any atom is 0.106 e. The van der Waals surface area contributed by atoms with Gasteiger partial charge in [0.2, 0.25) is 0 Å². The largest absolute Gasteiger partial charge is 0.386 e. The fraction of sp³-hybridized carbons (Fsp3) is 0.700. The zero-order valence-corrected chi connectivity index (χ0v) is 9.19. The Morgan fingerprint density at radius 2 is 2.21 bits per heavy atom. The Morgan fingerprint density at radius 1 is 1.57 bits per heavy atom. The van der Waals surface area contributed by atoms with Crippen LogP contribution in [0.2, 0.25) is 0 Å². The van der Waals surface area contributed by atoms with Crippen molar-refractivity contribution in [1.29, 1.82) is 0 Å². The molecule has 0 aliphatic carbocycles. The Balaban J connectivity index is 2.60. The Bertz CT molecular complexity index is 294. The summed E-state index contributed by atoms with van der Waals surface area (Å²) in [5, 5.41) is 13.9. The fourth-order valence-electron chi connectivity index (χ4n) is 1.22. The van der Waals surface area contributed by atoms with E-state index in [2.05, 4.69) is 5.10 Å². The summed E-state index contributed by atoms with van der Waals surface area (Å²) < 4.78 is 7.08. The molecule has 0 spiro atoms. The third kappa shape index (κ3) is 2.56. The zero-order chi connectivity index (χ0) is 10.7. The van der Waals surface area contributed by atoms with Gasteiger partial charge in [0, 0.05) is 18.3 Å². The van der Waals surface area contributed by atoms with Crippen LogP contribution < -0.4 is 0 Å². The maximum absolute atomic E-state index is 9.79. The van der Waals surface area contributed by atoms with E-state index in [0.717, 1.165) is 11.3 Å². The van der Waals surface area contributed by atoms with E-state index in [-0.39, 0.29) is 6.10 Å². The monoisotopic (exact) mass is 198 g/mol. The first-order valence-electron chi connectivity index (χ1n) is 4.80. The first kappa shape index (κ1) is 11.2. The average molecular weight is 198 g/mol. The van der Waals surface area contributed by atoms with E-state index in [0.29, 0.717) is 6.61 Å². The van der Waals surface area contributed by atoms with Crippen LogP contribution >= 0.6 is 0 Å². The molecule has 0 aliphatic heterocycles. The summed E-state index contributed by atoms with van der Waals surface area (Å²) >= 11 is 0. The zero-order valence-electron chi connectivity index (χ0n) is 9.19. The SMILES string of the molecule is Cc1c(C(O)COC(C)C)cnn1C. The Labute approximate surface area is 84.5 Å². The highest BCUT2D eigenvalue weighted by Crippen LogP contribution is 2.16. The lowest BCUT2D eigenvalue weighted by Crippen LogP contribution is -2.12. The van der Waals surface area contributed by atoms with Crippen molar-refractivity contribution in [2.24, 2.45) is 7.05 Å². The van der Waals surface area contributed by atoms with Crippen molar-refractivity contribution in [3.63, 3.8) is 0 Å². The van der Waals surface area contributed by atoms with Crippen LogP contribution in [0.5, 0.6) is 0 Å². The number of ether oxygens (including phenoxy) is 1. The Morgan fingerprint density at radius 3 is 2.64 bits per heavy atom. The number of aliphatic hydroxyl groups is 1. The Hall–Kier alpha value is -0.870. The number of nitrogens with zero attached hydrogens (tertiary/aromatic N) is 2. The summed E-state index contributed by atoms with van der Waals surface area (Å²) in [5.41, 5.74) is 1.82. The van der Waals surface area contributed by atoms with Crippen molar-refractivity contribution in [1.82, 2.24) is 9.78 Å². The van der Waals surface area contributed by atoms with E-state index < -0.39 is 6.10 Å². The first-order chi connectivity index (χ1) is 6.52. The molecule has 14 heavy (non-hydrogen) atoms. The van der Waals surface area contributed by atoms with Gasteiger partial charge in [-0.05, 0) is 20.8 Å². The summed E-state index contributed by atoms with van der Waals surface area (Å²) in [6.45, 7) is 6.15. The molecule has 0 fully saturated rings. The second-order valence-electron chi connectivity index (χ2n) is 3.71. The van der Waals surface area contributed by atoms with Gasteiger partial charge in [-0.1, -0.05) is 0 Å². The summed E-state index contributed by atoms with van der Waals surface area (Å²) in [5.74, 6) is 0. The number of rotatable bonds is 4. The van der Waals surface area contributed by atoms with Gasteiger partial charge in [0.15, 0.2) is 0 Å². The van der Waals surface area contributed by atoms with Gasteiger partial charge in [0.05, 0.1) is 18.9 Å². The molecule has 0 amide bonds. The van der Waals surface area contributed by atoms with Crippen molar-refractivity contribution in [2.45, 2.75) is 33.0 Å². The number of hydrogen-bond acceptors (Lipinski definition) is 3. The summed E-state index contributed by atoms with van der Waals surface area (Å²) in [7, 11) is 1.86. The van der Waals surface area contributed by atoms with E-state index in [1.165, 1.54) is 0 Å². The molecule has 0 saturated carbocycles. The quantitative estimate of drug-likeness (QED) is 0.790. The smallest absolute Gasteiger partial charge is 0.106 e. The molecule has 0 bridgehead atoms. The van der Waals surface area contributed by atoms with Gasteiger partial charge in [-0.2, -0.15) is 5.10 Å². The van der Waals surface area contributed by atoms with Crippen molar-refractivity contribution < 1.29 is 9.84 Å². The van der Waals surface area contributed by atoms with Crippen LogP contribution in [0, 0.1) is 6.92 Å². The number of aliphatic hydroxyl groups excluding tert-OH is 1. The Kier molecular flexibility index (Phi) is 3.66. The molecule has 0 saturated heterocycles. The van der Waals surface area contributed by atoms with Gasteiger partial charge in [0.1, 0.15) is 6.10 Å². The molecular formula is C10H18N2O2. The average Bonchev–Trinajstić information content (AvgIpc) is 2.44. The summed E-state index contributed by atoms with van der Waals surface area (Å²) in [4.78, 5) is 0. The minimum Gasteiger partial charge on any atom is -0.386 e. The van der Waals surface area contributed by atoms with Crippen LogP contribution in [0.25, 0.3) is 0 Å². The molecule has 4 nitrogen and oxygen atoms in total. The van der Waals surface area contributed by atoms with Gasteiger partial charge >= 0.3 is 0 Å². The molecule has 0 radical (unpaired) electrons. The molecule has 0 aromatic carbocycles. The lowest BCUT2D eigenvalue weighted by Gasteiger charge is -2.13. The highest BCUT2D eigenvalue weighted by Gasteiger charge is 2.14. The van der Waals surface area contributed by atoms with Gasteiger partial charge in [-0.15, -0.1) is 0 Å². The summed E-state index contributed by atoms with van der Waals surface area (Å²) in [6, 6.07) is 0. The molecule has 1 unspecified atom stereocenters. The van der Waals surface area contributed by atoms with Crippen molar-refractivity contribution >= 4 is 0 Å². The van der Waals surface area contributed by atoms with E-state index in [1.807, 2.05) is 27.8 Å². The second-order valence-corrected chi connectivity index (χ2v) is 3.71. The first-order valence-corrected chi connectivity index (χ1v) is 4.80. The van der Waals surface area contributed by atoms with Gasteiger partial charge < -0.3 is 9.84 Å². The molecular weight excluding hydrogens is 180 g/mol. The minimum atomic E-state index is -0.578. The van der Waals surface area contributed by atoms with Gasteiger partial charge in [-0.25, -0.2) is 0 Å². The molecule has 0 aliphatic rings. The predicted molar refractivity (Wildman–Crippen MR) is 54.0 cm³/mol. The predicted octanol–water partition coefficient (Wildman–Crippen LogP) is 1.19. The number of hydrogen-bond donors (Lipinski definition) is 1. The molecule has 4 heteroatoms. The topological polar surface area (TPSA) is 47.3 Å². The maximum atomic E-state index is 9.79. The van der Waals surface area contributed by atoms with Crippen LogP contribution in [0.3, 0.4) is 0 Å². The van der Waals surface area contributed by atoms with Crippen LogP contribution in [0.4, 0.5) is 0 Å². The number of aromatic nitrogens is 2. The summed E-state index contributed by atoms with van der Waals surface area (Å²) in [6.07, 6.45) is 1.25. The lowest BCUT2D eigenvalue weighted by molar-refractivity contribution is 0.00465. The van der Waals surface area contributed by atoms with E-state index >= 15 is 0 Å². The molecule has 1 heterocycles. The standard InChI is InChI=1S/C10H18N2O2/c1-7(2)14-6-10(13)9-5-11-12(4)8(9)3/h5,7,10,13H,6H2,1-4H3. The van der Waals surface area contributed by atoms with Crippen LogP contribution in [0.1, 0.15) is 31.2 Å². The molecule has 1 aromatic heterocycles. The molecule has 1 N–H and O–H groups in total. The third-order valence-electron chi connectivity index (χ3n) is 2.22. The number of aryl methyl sites for hydroxylation is 1. The molecule has 1 atom stereocenters. The van der Waals surface area contributed by atoms with E-state index in [9.17, 15) is 5.11 Å². The molecule has 1 rings (SSSR count).